The van der Waals surface area contributed by atoms with Gasteiger partial charge in [0.2, 0.25) is 0 Å². The molecule has 192 valence electrons. The topological polar surface area (TPSA) is 88.1 Å². The monoisotopic (exact) mass is 750 g/mol. The Bertz CT molecular complexity index is 1070. The number of halogens is 4. The third kappa shape index (κ3) is 8.57. The first-order valence-corrected chi connectivity index (χ1v) is 13.5. The van der Waals surface area contributed by atoms with Gasteiger partial charge in [0.25, 0.3) is 0 Å². The van der Waals surface area contributed by atoms with E-state index in [4.69, 9.17) is 18.9 Å². The van der Waals surface area contributed by atoms with Crippen LogP contribution in [0.25, 0.3) is 0 Å². The van der Waals surface area contributed by atoms with Gasteiger partial charge in [-0.2, -0.15) is 0 Å². The molecule has 0 bridgehead atoms. The third-order valence-corrected chi connectivity index (χ3v) is 6.70. The number of carbonyl (C=O) groups excluding carboxylic acids is 3. The molecular weight excluding hydrogens is 732 g/mol. The van der Waals surface area contributed by atoms with Crippen molar-refractivity contribution >= 4 is 81.4 Å². The zero-order valence-electron chi connectivity index (χ0n) is 19.4. The first-order chi connectivity index (χ1) is 16.9. The second kappa shape index (κ2) is 14.1. The van der Waals surface area contributed by atoms with E-state index in [9.17, 15) is 14.4 Å². The minimum absolute atomic E-state index is 0.0536. The van der Waals surface area contributed by atoms with E-state index in [0.29, 0.717) is 51.7 Å². The minimum Gasteiger partial charge on any atom is -0.488 e. The molecule has 0 aliphatic heterocycles. The summed E-state index contributed by atoms with van der Waals surface area (Å²) in [6.07, 6.45) is 0. The van der Waals surface area contributed by atoms with Gasteiger partial charge >= 0.3 is 11.9 Å². The van der Waals surface area contributed by atoms with Crippen LogP contribution in [-0.4, -0.2) is 44.1 Å². The Hall–Kier alpha value is -1.95. The van der Waals surface area contributed by atoms with Crippen molar-refractivity contribution < 1.29 is 33.3 Å². The van der Waals surface area contributed by atoms with Crippen molar-refractivity contribution in [1.29, 1.82) is 0 Å². The fourth-order valence-electron chi connectivity index (χ4n) is 2.63. The first-order valence-electron chi connectivity index (χ1n) is 10.4. The molecule has 0 radical (unpaired) electrons. The molecule has 2 aromatic rings. The molecule has 2 aromatic carbocycles. The van der Waals surface area contributed by atoms with Gasteiger partial charge in [-0.3, -0.25) is 4.79 Å². The zero-order chi connectivity index (χ0) is 27.0. The second-order valence-corrected chi connectivity index (χ2v) is 10.8. The number of hydrogen-bond donors (Lipinski definition) is 0. The molecule has 0 amide bonds. The van der Waals surface area contributed by atoms with Crippen LogP contribution >= 0.6 is 63.7 Å². The molecule has 0 spiro atoms. The van der Waals surface area contributed by atoms with Gasteiger partial charge in [0.1, 0.15) is 37.9 Å². The lowest BCUT2D eigenvalue weighted by atomic mass is 10.0. The normalized spacial score (nSPS) is 10.4. The highest BCUT2D eigenvalue weighted by atomic mass is 79.9. The Labute approximate surface area is 242 Å². The lowest BCUT2D eigenvalue weighted by Gasteiger charge is -2.14. The minimum atomic E-state index is -0.488. The summed E-state index contributed by atoms with van der Waals surface area (Å²) in [5.74, 6) is -0.273. The first kappa shape index (κ1) is 30.3. The summed E-state index contributed by atoms with van der Waals surface area (Å²) in [6, 6.07) is 6.57. The average Bonchev–Trinajstić information content (AvgIpc) is 2.80. The van der Waals surface area contributed by atoms with Crippen molar-refractivity contribution in [3.8, 4) is 11.5 Å². The average molecular weight is 754 g/mol. The number of hydrogen-bond acceptors (Lipinski definition) is 7. The van der Waals surface area contributed by atoms with Crippen LogP contribution in [0.2, 0.25) is 0 Å². The highest BCUT2D eigenvalue weighted by Gasteiger charge is 2.19. The van der Waals surface area contributed by atoms with Crippen LogP contribution in [0.15, 0.2) is 66.5 Å². The molecule has 7 nitrogen and oxygen atoms in total. The van der Waals surface area contributed by atoms with E-state index in [0.717, 1.165) is 0 Å². The number of esters is 2. The van der Waals surface area contributed by atoms with Crippen LogP contribution in [0.5, 0.6) is 11.5 Å². The molecule has 2 rings (SSSR count). The lowest BCUT2D eigenvalue weighted by molar-refractivity contribution is -0.140. The van der Waals surface area contributed by atoms with E-state index in [2.05, 4.69) is 76.9 Å². The summed E-state index contributed by atoms with van der Waals surface area (Å²) >= 11 is 13.7. The van der Waals surface area contributed by atoms with Crippen LogP contribution in [0, 0.1) is 0 Å². The number of ketones is 1. The van der Waals surface area contributed by atoms with Crippen molar-refractivity contribution in [2.45, 2.75) is 13.8 Å². The van der Waals surface area contributed by atoms with Gasteiger partial charge in [-0.15, -0.1) is 0 Å². The van der Waals surface area contributed by atoms with E-state index in [1.807, 2.05) is 0 Å². The summed E-state index contributed by atoms with van der Waals surface area (Å²) in [7, 11) is 0. The number of carbonyl (C=O) groups is 3. The Morgan fingerprint density at radius 2 is 0.944 bits per heavy atom. The maximum atomic E-state index is 13.2. The highest BCUT2D eigenvalue weighted by Crippen LogP contribution is 2.38. The predicted molar refractivity (Wildman–Crippen MR) is 150 cm³/mol. The Balaban J connectivity index is 2.08. The predicted octanol–water partition coefficient (Wildman–Crippen LogP) is 6.96. The molecule has 0 unspecified atom stereocenters. The SMILES string of the molecule is C=C(C)C(=O)OCCOc1c(Br)cc(C(=O)c2cc(Br)c(OCCOC(=O)C(=C)C)c(Br)c2)cc1Br. The summed E-state index contributed by atoms with van der Waals surface area (Å²) in [6.45, 7) is 10.5. The van der Waals surface area contributed by atoms with E-state index < -0.39 is 11.9 Å². The van der Waals surface area contributed by atoms with Gasteiger partial charge in [0, 0.05) is 22.3 Å². The van der Waals surface area contributed by atoms with E-state index in [-0.39, 0.29) is 32.2 Å². The molecule has 0 atom stereocenters. The molecule has 0 N–H and O–H groups in total. The molecule has 0 saturated heterocycles. The van der Waals surface area contributed by atoms with Crippen molar-refractivity contribution in [3.05, 3.63) is 77.6 Å². The van der Waals surface area contributed by atoms with Gasteiger partial charge < -0.3 is 18.9 Å². The molecule has 0 aliphatic carbocycles. The van der Waals surface area contributed by atoms with Crippen LogP contribution < -0.4 is 9.47 Å². The van der Waals surface area contributed by atoms with Gasteiger partial charge in [-0.05, 0) is 102 Å². The van der Waals surface area contributed by atoms with Crippen molar-refractivity contribution in [1.82, 2.24) is 0 Å². The smallest absolute Gasteiger partial charge is 0.333 e. The Kier molecular flexibility index (Phi) is 11.9. The molecule has 11 heteroatoms. The van der Waals surface area contributed by atoms with Crippen molar-refractivity contribution in [2.75, 3.05) is 26.4 Å². The molecule has 0 saturated carbocycles. The van der Waals surface area contributed by atoms with Crippen LogP contribution in [0.3, 0.4) is 0 Å². The Morgan fingerprint density at radius 1 is 0.639 bits per heavy atom. The van der Waals surface area contributed by atoms with E-state index >= 15 is 0 Å². The largest absolute Gasteiger partial charge is 0.488 e. The van der Waals surface area contributed by atoms with Gasteiger partial charge in [-0.25, -0.2) is 9.59 Å². The molecule has 0 fully saturated rings. The molecule has 0 aromatic heterocycles. The van der Waals surface area contributed by atoms with Crippen molar-refractivity contribution in [2.24, 2.45) is 0 Å². The molecule has 0 heterocycles. The number of benzene rings is 2. The fourth-order valence-corrected chi connectivity index (χ4v) is 5.46. The van der Waals surface area contributed by atoms with Crippen molar-refractivity contribution in [3.63, 3.8) is 0 Å². The number of ether oxygens (including phenoxy) is 4. The fraction of sp³-hybridized carbons (Fsp3) is 0.240. The van der Waals surface area contributed by atoms with Gasteiger partial charge in [0.05, 0.1) is 17.9 Å². The van der Waals surface area contributed by atoms with Crippen LogP contribution in [0.1, 0.15) is 29.8 Å². The van der Waals surface area contributed by atoms with Crippen LogP contribution in [-0.2, 0) is 19.1 Å². The summed E-state index contributed by atoms with van der Waals surface area (Å²) in [5.41, 5.74) is 1.44. The lowest BCUT2D eigenvalue weighted by Crippen LogP contribution is -2.13. The second-order valence-electron chi connectivity index (χ2n) is 7.40. The molecular formula is C25H22Br4O7. The number of rotatable bonds is 12. The standard InChI is InChI=1S/C25H22Br4O7/c1-13(2)24(31)35-7-5-33-22-17(26)9-15(10-18(22)27)21(30)16-11-19(28)23(20(29)12-16)34-6-8-36-25(32)14(3)4/h9-12H,1,3,5-8H2,2,4H3. The third-order valence-electron chi connectivity index (χ3n) is 4.34. The molecule has 36 heavy (non-hydrogen) atoms. The van der Waals surface area contributed by atoms with E-state index in [1.165, 1.54) is 0 Å². The maximum absolute atomic E-state index is 13.2. The quantitative estimate of drug-likeness (QED) is 0.100. The highest BCUT2D eigenvalue weighted by molar-refractivity contribution is 9.11. The van der Waals surface area contributed by atoms with Crippen LogP contribution in [0.4, 0.5) is 0 Å². The van der Waals surface area contributed by atoms with E-state index in [1.54, 1.807) is 38.1 Å². The summed E-state index contributed by atoms with van der Waals surface area (Å²) in [4.78, 5) is 36.1. The summed E-state index contributed by atoms with van der Waals surface area (Å²) in [5, 5.41) is 0. The summed E-state index contributed by atoms with van der Waals surface area (Å²) < 4.78 is 23.6. The maximum Gasteiger partial charge on any atom is 0.333 e. The van der Waals surface area contributed by atoms with Gasteiger partial charge in [-0.1, -0.05) is 13.2 Å². The zero-order valence-corrected chi connectivity index (χ0v) is 25.8. The molecule has 0 aliphatic rings. The Morgan fingerprint density at radius 3 is 1.22 bits per heavy atom. The van der Waals surface area contributed by atoms with Gasteiger partial charge in [0.15, 0.2) is 5.78 Å².